The van der Waals surface area contributed by atoms with Gasteiger partial charge in [-0.3, -0.25) is 0 Å². The van der Waals surface area contributed by atoms with E-state index in [1.807, 2.05) is 0 Å². The highest BCUT2D eigenvalue weighted by molar-refractivity contribution is 7.98. The minimum atomic E-state index is -0.338. The van der Waals surface area contributed by atoms with Crippen LogP contribution in [0.3, 0.4) is 0 Å². The van der Waals surface area contributed by atoms with E-state index >= 15 is 0 Å². The highest BCUT2D eigenvalue weighted by Gasteiger charge is 2.05. The van der Waals surface area contributed by atoms with Gasteiger partial charge in [-0.25, -0.2) is 9.07 Å². The molecule has 0 saturated carbocycles. The molecule has 2 N–H and O–H groups in total. The van der Waals surface area contributed by atoms with E-state index in [0.29, 0.717) is 16.5 Å². The van der Waals surface area contributed by atoms with Gasteiger partial charge in [0.25, 0.3) is 0 Å². The van der Waals surface area contributed by atoms with Gasteiger partial charge in [-0.05, 0) is 28.1 Å². The summed E-state index contributed by atoms with van der Waals surface area (Å²) in [6.45, 7) is 0.211. The van der Waals surface area contributed by atoms with Crippen LogP contribution in [-0.4, -0.2) is 26.8 Å². The van der Waals surface area contributed by atoms with E-state index in [9.17, 15) is 4.39 Å². The van der Waals surface area contributed by atoms with Crippen molar-refractivity contribution in [2.24, 2.45) is 12.8 Å². The Hall–Kier alpha value is -1.91. The van der Waals surface area contributed by atoms with E-state index in [0.717, 1.165) is 5.56 Å². The smallest absolute Gasteiger partial charge is 0.209 e. The van der Waals surface area contributed by atoms with Crippen LogP contribution >= 0.6 is 11.8 Å². The standard InChI is InChI=1S/C12H12FN5S/c1-18-12(15-16-17-18)19-8-9-4-5-11(13)10(7-9)3-2-6-14/h4-5,7H,6,8,14H2,1H3. The molecule has 0 aliphatic heterocycles. The number of benzene rings is 1. The molecule has 98 valence electrons. The molecule has 19 heavy (non-hydrogen) atoms. The van der Waals surface area contributed by atoms with Crippen LogP contribution in [0.2, 0.25) is 0 Å². The summed E-state index contributed by atoms with van der Waals surface area (Å²) in [5.41, 5.74) is 6.59. The molecule has 1 heterocycles. The van der Waals surface area contributed by atoms with Gasteiger partial charge in [0.15, 0.2) is 0 Å². The Labute approximate surface area is 114 Å². The van der Waals surface area contributed by atoms with Gasteiger partial charge in [0, 0.05) is 12.8 Å². The van der Waals surface area contributed by atoms with Crippen molar-refractivity contribution in [1.29, 1.82) is 0 Å². The average molecular weight is 277 g/mol. The van der Waals surface area contributed by atoms with Crippen molar-refractivity contribution in [2.75, 3.05) is 6.54 Å². The molecule has 0 aliphatic rings. The van der Waals surface area contributed by atoms with E-state index in [-0.39, 0.29) is 12.4 Å². The molecule has 7 heteroatoms. The normalized spacial score (nSPS) is 10.1. The molecule has 0 aliphatic carbocycles. The summed E-state index contributed by atoms with van der Waals surface area (Å²) < 4.78 is 15.1. The minimum absolute atomic E-state index is 0.211. The first-order chi connectivity index (χ1) is 9.20. The third-order valence-corrected chi connectivity index (χ3v) is 3.39. The second-order valence-electron chi connectivity index (χ2n) is 3.69. The number of aryl methyl sites for hydroxylation is 1. The van der Waals surface area contributed by atoms with Gasteiger partial charge in [-0.1, -0.05) is 29.7 Å². The van der Waals surface area contributed by atoms with E-state index in [2.05, 4.69) is 27.4 Å². The fourth-order valence-corrected chi connectivity index (χ4v) is 2.19. The van der Waals surface area contributed by atoms with Crippen LogP contribution in [0.4, 0.5) is 4.39 Å². The van der Waals surface area contributed by atoms with E-state index in [4.69, 9.17) is 5.73 Å². The van der Waals surface area contributed by atoms with E-state index < -0.39 is 0 Å². The number of rotatable bonds is 3. The van der Waals surface area contributed by atoms with Crippen molar-refractivity contribution in [2.45, 2.75) is 10.9 Å². The first-order valence-electron chi connectivity index (χ1n) is 5.53. The first-order valence-corrected chi connectivity index (χ1v) is 6.52. The molecule has 2 rings (SSSR count). The van der Waals surface area contributed by atoms with Crippen LogP contribution in [0.1, 0.15) is 11.1 Å². The molecular weight excluding hydrogens is 265 g/mol. The average Bonchev–Trinajstić information content (AvgIpc) is 2.82. The monoisotopic (exact) mass is 277 g/mol. The number of halogens is 1. The molecule has 0 bridgehead atoms. The van der Waals surface area contributed by atoms with Crippen molar-refractivity contribution in [3.63, 3.8) is 0 Å². The number of nitrogens with two attached hydrogens (primary N) is 1. The minimum Gasteiger partial charge on any atom is -0.320 e. The summed E-state index contributed by atoms with van der Waals surface area (Å²) in [4.78, 5) is 0. The second kappa shape index (κ2) is 6.31. The zero-order valence-corrected chi connectivity index (χ0v) is 11.1. The molecule has 1 aromatic carbocycles. The number of nitrogens with zero attached hydrogens (tertiary/aromatic N) is 4. The quantitative estimate of drug-likeness (QED) is 0.668. The lowest BCUT2D eigenvalue weighted by Crippen LogP contribution is -1.95. The maximum Gasteiger partial charge on any atom is 0.209 e. The maximum absolute atomic E-state index is 13.5. The molecule has 1 aromatic heterocycles. The number of aromatic nitrogens is 4. The Bertz CT molecular complexity index is 629. The summed E-state index contributed by atoms with van der Waals surface area (Å²) in [6.07, 6.45) is 0. The van der Waals surface area contributed by atoms with Gasteiger partial charge in [0.1, 0.15) is 5.82 Å². The predicted octanol–water partition coefficient (Wildman–Crippen LogP) is 0.952. The molecule has 0 amide bonds. The number of hydrogen-bond acceptors (Lipinski definition) is 5. The van der Waals surface area contributed by atoms with Gasteiger partial charge in [0.05, 0.1) is 12.1 Å². The topological polar surface area (TPSA) is 69.6 Å². The first kappa shape index (κ1) is 13.5. The summed E-state index contributed by atoms with van der Waals surface area (Å²) in [5.74, 6) is 5.67. The third kappa shape index (κ3) is 3.53. The summed E-state index contributed by atoms with van der Waals surface area (Å²) in [6, 6.07) is 4.85. The van der Waals surface area contributed by atoms with Gasteiger partial charge >= 0.3 is 0 Å². The van der Waals surface area contributed by atoms with Crippen LogP contribution in [0.25, 0.3) is 0 Å². The van der Waals surface area contributed by atoms with Gasteiger partial charge < -0.3 is 5.73 Å². The largest absolute Gasteiger partial charge is 0.320 e. The van der Waals surface area contributed by atoms with Crippen molar-refractivity contribution in [3.8, 4) is 11.8 Å². The highest BCUT2D eigenvalue weighted by atomic mass is 32.2. The Balaban J connectivity index is 2.11. The van der Waals surface area contributed by atoms with Crippen LogP contribution in [0, 0.1) is 17.7 Å². The molecule has 0 spiro atoms. The second-order valence-corrected chi connectivity index (χ2v) is 4.64. The van der Waals surface area contributed by atoms with E-state index in [1.165, 1.54) is 17.8 Å². The lowest BCUT2D eigenvalue weighted by Gasteiger charge is -2.02. The van der Waals surface area contributed by atoms with Crippen molar-refractivity contribution < 1.29 is 4.39 Å². The third-order valence-electron chi connectivity index (χ3n) is 2.31. The Morgan fingerprint density at radius 2 is 2.32 bits per heavy atom. The summed E-state index contributed by atoms with van der Waals surface area (Å²) in [5, 5.41) is 11.9. The van der Waals surface area contributed by atoms with Crippen molar-refractivity contribution >= 4 is 11.8 Å². The molecule has 0 radical (unpaired) electrons. The van der Waals surface area contributed by atoms with Crippen molar-refractivity contribution in [3.05, 3.63) is 35.1 Å². The summed E-state index contributed by atoms with van der Waals surface area (Å²) >= 11 is 1.48. The molecule has 0 saturated heterocycles. The molecule has 0 atom stereocenters. The van der Waals surface area contributed by atoms with Crippen molar-refractivity contribution in [1.82, 2.24) is 20.2 Å². The zero-order chi connectivity index (χ0) is 13.7. The summed E-state index contributed by atoms with van der Waals surface area (Å²) in [7, 11) is 1.77. The molecule has 5 nitrogen and oxygen atoms in total. The van der Waals surface area contributed by atoms with Gasteiger partial charge in [0.2, 0.25) is 5.16 Å². The lowest BCUT2D eigenvalue weighted by atomic mass is 10.1. The number of tetrazole rings is 1. The molecular formula is C12H12FN5S. The molecule has 2 aromatic rings. The Kier molecular flexibility index (Phi) is 4.49. The maximum atomic E-state index is 13.5. The Morgan fingerprint density at radius 1 is 1.47 bits per heavy atom. The molecule has 0 unspecified atom stereocenters. The van der Waals surface area contributed by atoms with Crippen LogP contribution in [0.15, 0.2) is 23.4 Å². The van der Waals surface area contributed by atoms with E-state index in [1.54, 1.807) is 23.9 Å². The Morgan fingerprint density at radius 3 is 3.00 bits per heavy atom. The number of thioether (sulfide) groups is 1. The zero-order valence-electron chi connectivity index (χ0n) is 10.3. The number of hydrogen-bond donors (Lipinski definition) is 1. The van der Waals surface area contributed by atoms with Gasteiger partial charge in [-0.2, -0.15) is 0 Å². The van der Waals surface area contributed by atoms with Crippen LogP contribution in [-0.2, 0) is 12.8 Å². The lowest BCUT2D eigenvalue weighted by molar-refractivity contribution is 0.624. The highest BCUT2D eigenvalue weighted by Crippen LogP contribution is 2.20. The fourth-order valence-electron chi connectivity index (χ4n) is 1.40. The van der Waals surface area contributed by atoms with Gasteiger partial charge in [-0.15, -0.1) is 5.10 Å². The SMILES string of the molecule is Cn1nnnc1SCc1ccc(F)c(C#CCN)c1. The predicted molar refractivity (Wildman–Crippen MR) is 70.7 cm³/mol. The molecule has 0 fully saturated rings. The van der Waals surface area contributed by atoms with Crippen LogP contribution in [0.5, 0.6) is 0 Å². The fraction of sp³-hybridized carbons (Fsp3) is 0.250. The van der Waals surface area contributed by atoms with Crippen LogP contribution < -0.4 is 5.73 Å².